The minimum Gasteiger partial charge on any atom is -0.480 e. The van der Waals surface area contributed by atoms with E-state index in [1.807, 2.05) is 84.9 Å². The highest BCUT2D eigenvalue weighted by Gasteiger charge is 2.23. The van der Waals surface area contributed by atoms with Gasteiger partial charge in [0.1, 0.15) is 11.6 Å². The minimum atomic E-state index is -1.05. The van der Waals surface area contributed by atoms with Gasteiger partial charge in [0.25, 0.3) is 0 Å². The van der Waals surface area contributed by atoms with Crippen molar-refractivity contribution < 1.29 is 37.8 Å². The number of ether oxygens (including phenoxy) is 1. The van der Waals surface area contributed by atoms with Gasteiger partial charge in [-0.1, -0.05) is 72.8 Å². The lowest BCUT2D eigenvalue weighted by atomic mass is 9.95. The fourth-order valence-electron chi connectivity index (χ4n) is 6.42. The van der Waals surface area contributed by atoms with Crippen molar-refractivity contribution in [3.05, 3.63) is 180 Å². The first-order chi connectivity index (χ1) is 29.1. The van der Waals surface area contributed by atoms with Crippen molar-refractivity contribution in [3.63, 3.8) is 0 Å². The maximum Gasteiger partial charge on any atom is 0.319 e. The molecule has 60 heavy (non-hydrogen) atoms. The van der Waals surface area contributed by atoms with Crippen LogP contribution < -0.4 is 10.6 Å². The molecule has 308 valence electrons. The molecule has 0 unspecified atom stereocenters. The summed E-state index contributed by atoms with van der Waals surface area (Å²) >= 11 is 0. The number of Topliss-reactive ketones (excluding diaryl/α,β-unsaturated/α-hetero) is 2. The van der Waals surface area contributed by atoms with Crippen molar-refractivity contribution in [2.24, 2.45) is 0 Å². The Morgan fingerprint density at radius 3 is 1.40 bits per heavy atom. The van der Waals surface area contributed by atoms with Gasteiger partial charge >= 0.3 is 11.9 Å². The number of carboxylic acid groups (broad SMARTS) is 1. The standard InChI is InChI=1S/C25H25FN2O3.C23H21FN2O3/c1-2-31-25(30)17-28-23(14-18-6-4-3-5-7-18)24(29)16-21-15-20(8-9-22(21)26)19-10-12-27-13-11-19;24-20-7-6-18(17-8-10-25-11-9-17)13-19(20)14-22(27)21(26-15-23(28)29)12-16-4-2-1-3-5-16/h3-13,15,23,28H,2,14,16-17H2,1H3;1-11,13,21,26H,12,14-15H2,(H,28,29)/t23-;21-/m00/s1. The highest BCUT2D eigenvalue weighted by molar-refractivity contribution is 5.88. The molecule has 2 heterocycles. The molecule has 4 aromatic carbocycles. The lowest BCUT2D eigenvalue weighted by molar-refractivity contribution is -0.142. The van der Waals surface area contributed by atoms with Crippen LogP contribution in [-0.2, 0) is 49.6 Å². The summed E-state index contributed by atoms with van der Waals surface area (Å²) in [6.07, 6.45) is 7.14. The van der Waals surface area contributed by atoms with Crippen molar-refractivity contribution in [1.29, 1.82) is 0 Å². The number of ketones is 2. The molecule has 12 heteroatoms. The molecule has 2 aromatic heterocycles. The smallest absolute Gasteiger partial charge is 0.319 e. The molecule has 10 nitrogen and oxygen atoms in total. The van der Waals surface area contributed by atoms with Crippen LogP contribution in [0.2, 0.25) is 0 Å². The Morgan fingerprint density at radius 2 is 1.00 bits per heavy atom. The molecule has 3 N–H and O–H groups in total. The van der Waals surface area contributed by atoms with E-state index in [1.54, 1.807) is 56.0 Å². The Bertz CT molecular complexity index is 2320. The maximum atomic E-state index is 14.5. The Kier molecular flexibility index (Phi) is 17.0. The number of aliphatic carboxylic acids is 1. The molecule has 0 spiro atoms. The second-order valence-electron chi connectivity index (χ2n) is 13.8. The van der Waals surface area contributed by atoms with Gasteiger partial charge < -0.3 is 9.84 Å². The predicted molar refractivity (Wildman–Crippen MR) is 225 cm³/mol. The number of hydrogen-bond donors (Lipinski definition) is 3. The van der Waals surface area contributed by atoms with E-state index in [2.05, 4.69) is 20.6 Å². The van der Waals surface area contributed by atoms with Crippen molar-refractivity contribution in [2.45, 2.75) is 44.7 Å². The number of carbonyl (C=O) groups excluding carboxylic acids is 3. The molecule has 6 aromatic rings. The summed E-state index contributed by atoms with van der Waals surface area (Å²) in [6, 6.07) is 34.1. The average molecular weight is 813 g/mol. The molecule has 0 aliphatic heterocycles. The van der Waals surface area contributed by atoms with Gasteiger partial charge in [0.2, 0.25) is 0 Å². The van der Waals surface area contributed by atoms with Crippen LogP contribution in [-0.4, -0.2) is 70.4 Å². The van der Waals surface area contributed by atoms with Gasteiger partial charge in [0, 0.05) is 37.6 Å². The third-order valence-electron chi connectivity index (χ3n) is 9.49. The third kappa shape index (κ3) is 14.0. The van der Waals surface area contributed by atoms with E-state index in [9.17, 15) is 28.0 Å². The zero-order valence-electron chi connectivity index (χ0n) is 33.1. The molecule has 0 aliphatic rings. The van der Waals surface area contributed by atoms with Crippen LogP contribution >= 0.6 is 0 Å². The molecular formula is C48H46F2N4O6. The van der Waals surface area contributed by atoms with E-state index in [4.69, 9.17) is 9.84 Å². The van der Waals surface area contributed by atoms with Crippen LogP contribution in [0.1, 0.15) is 29.2 Å². The first-order valence-electron chi connectivity index (χ1n) is 19.4. The molecule has 0 bridgehead atoms. The van der Waals surface area contributed by atoms with Crippen LogP contribution in [0.5, 0.6) is 0 Å². The number of benzene rings is 4. The summed E-state index contributed by atoms with van der Waals surface area (Å²) in [5.74, 6) is -2.84. The largest absolute Gasteiger partial charge is 0.480 e. The Morgan fingerprint density at radius 1 is 0.583 bits per heavy atom. The number of carbonyl (C=O) groups is 4. The van der Waals surface area contributed by atoms with E-state index < -0.39 is 35.7 Å². The summed E-state index contributed by atoms with van der Waals surface area (Å²) in [5.41, 5.74) is 5.80. The lowest BCUT2D eigenvalue weighted by Gasteiger charge is -2.18. The van der Waals surface area contributed by atoms with E-state index in [1.165, 1.54) is 12.1 Å². The molecule has 0 radical (unpaired) electrons. The van der Waals surface area contributed by atoms with Crippen LogP contribution in [0.3, 0.4) is 0 Å². The number of carboxylic acids is 1. The molecule has 0 saturated carbocycles. The van der Waals surface area contributed by atoms with Crippen LogP contribution in [0.15, 0.2) is 146 Å². The number of halogens is 2. The average Bonchev–Trinajstić information content (AvgIpc) is 3.27. The Hall–Kier alpha value is -6.76. The van der Waals surface area contributed by atoms with Crippen LogP contribution in [0.25, 0.3) is 22.3 Å². The molecule has 0 aliphatic carbocycles. The molecule has 0 amide bonds. The summed E-state index contributed by atoms with van der Waals surface area (Å²) in [5, 5.41) is 14.7. The Labute approximate surface area is 347 Å². The number of nitrogens with zero attached hydrogens (tertiary/aromatic N) is 2. The zero-order valence-corrected chi connectivity index (χ0v) is 33.1. The molecule has 6 rings (SSSR count). The van der Waals surface area contributed by atoms with Gasteiger partial charge in [-0.3, -0.25) is 39.8 Å². The number of rotatable bonds is 19. The maximum absolute atomic E-state index is 14.5. The Balaban J connectivity index is 0.000000228. The van der Waals surface area contributed by atoms with Crippen molar-refractivity contribution in [2.75, 3.05) is 19.7 Å². The quantitative estimate of drug-likeness (QED) is 0.0728. The topological polar surface area (TPSA) is 148 Å². The van der Waals surface area contributed by atoms with Crippen molar-refractivity contribution in [3.8, 4) is 22.3 Å². The van der Waals surface area contributed by atoms with Crippen molar-refractivity contribution >= 4 is 23.5 Å². The zero-order chi connectivity index (χ0) is 42.7. The summed E-state index contributed by atoms with van der Waals surface area (Å²) < 4.78 is 33.8. The van der Waals surface area contributed by atoms with Gasteiger partial charge in [-0.25, -0.2) is 8.78 Å². The van der Waals surface area contributed by atoms with Gasteiger partial charge in [-0.15, -0.1) is 0 Å². The summed E-state index contributed by atoms with van der Waals surface area (Å²) in [6.45, 7) is 1.56. The highest BCUT2D eigenvalue weighted by atomic mass is 19.1. The summed E-state index contributed by atoms with van der Waals surface area (Å²) in [7, 11) is 0. The molecule has 2 atom stereocenters. The number of hydrogen-bond acceptors (Lipinski definition) is 9. The number of aromatic nitrogens is 2. The van der Waals surface area contributed by atoms with Gasteiger partial charge in [-0.2, -0.15) is 0 Å². The second kappa shape index (κ2) is 23.0. The van der Waals surface area contributed by atoms with E-state index in [0.29, 0.717) is 18.4 Å². The van der Waals surface area contributed by atoms with E-state index >= 15 is 0 Å². The summed E-state index contributed by atoms with van der Waals surface area (Å²) in [4.78, 5) is 56.7. The molecular weight excluding hydrogens is 767 g/mol. The fourth-order valence-corrected chi connectivity index (χ4v) is 6.42. The number of nitrogens with one attached hydrogen (secondary N) is 2. The van der Waals surface area contributed by atoms with Crippen molar-refractivity contribution in [1.82, 2.24) is 20.6 Å². The first kappa shape index (κ1) is 44.3. The van der Waals surface area contributed by atoms with Crippen LogP contribution in [0.4, 0.5) is 8.78 Å². The normalized spacial score (nSPS) is 11.7. The van der Waals surface area contributed by atoms with Gasteiger partial charge in [0.05, 0.1) is 31.8 Å². The first-order valence-corrected chi connectivity index (χ1v) is 19.4. The van der Waals surface area contributed by atoms with E-state index in [-0.39, 0.29) is 49.7 Å². The number of pyridine rings is 2. The molecule has 0 fully saturated rings. The fraction of sp³-hybridized carbons (Fsp3) is 0.208. The third-order valence-corrected chi connectivity index (χ3v) is 9.49. The lowest BCUT2D eigenvalue weighted by Crippen LogP contribution is -2.42. The highest BCUT2D eigenvalue weighted by Crippen LogP contribution is 2.24. The monoisotopic (exact) mass is 812 g/mol. The van der Waals surface area contributed by atoms with Gasteiger partial charge in [-0.05, 0) is 113 Å². The van der Waals surface area contributed by atoms with Crippen LogP contribution in [0, 0.1) is 11.6 Å². The van der Waals surface area contributed by atoms with Gasteiger partial charge in [0.15, 0.2) is 11.6 Å². The number of esters is 1. The predicted octanol–water partition coefficient (Wildman–Crippen LogP) is 7.05. The second-order valence-corrected chi connectivity index (χ2v) is 13.8. The van der Waals surface area contributed by atoms with E-state index in [0.717, 1.165) is 33.4 Å². The minimum absolute atomic E-state index is 0.0852. The SMILES string of the molecule is CCOC(=O)CN[C@@H](Cc1ccccc1)C(=O)Cc1cc(-c2ccncc2)ccc1F.O=C(O)CN[C@@H](Cc1ccccc1)C(=O)Cc1cc(-c2ccncc2)ccc1F. The molecule has 0 saturated heterocycles.